The van der Waals surface area contributed by atoms with Gasteiger partial charge in [0.2, 0.25) is 5.91 Å². The van der Waals surface area contributed by atoms with E-state index < -0.39 is 28.3 Å². The molecule has 0 aliphatic heterocycles. The summed E-state index contributed by atoms with van der Waals surface area (Å²) in [6.07, 6.45) is 0.680. The summed E-state index contributed by atoms with van der Waals surface area (Å²) in [4.78, 5) is 12.6. The Hall–Kier alpha value is -2.95. The molecule has 0 saturated carbocycles. The minimum absolute atomic E-state index is 0.168. The highest BCUT2D eigenvalue weighted by molar-refractivity contribution is 7.98. The van der Waals surface area contributed by atoms with Crippen LogP contribution in [0.4, 0.5) is 10.1 Å². The molecule has 0 unspecified atom stereocenters. The van der Waals surface area contributed by atoms with Crippen molar-refractivity contribution in [3.63, 3.8) is 0 Å². The van der Waals surface area contributed by atoms with Crippen LogP contribution < -0.4 is 19.1 Å². The maximum absolute atomic E-state index is 14.7. The molecular weight excluding hydrogens is 539 g/mol. The van der Waals surface area contributed by atoms with Crippen LogP contribution in [0.3, 0.4) is 0 Å². The number of nitrogens with zero attached hydrogens (tertiary/aromatic N) is 1. The second-order valence-electron chi connectivity index (χ2n) is 7.87. The van der Waals surface area contributed by atoms with Gasteiger partial charge in [-0.1, -0.05) is 35.9 Å². The van der Waals surface area contributed by atoms with Gasteiger partial charge in [-0.2, -0.15) is 11.8 Å². The standard InChI is InChI=1S/C26H28ClFN2O5S2/c1-34-24-12-11-21(16-25(24)35-2)37(32,33)30(23-10-4-3-9-22(23)28)17-26(31)29-13-6-14-36-18-19-7-5-8-20(27)15-19/h3-5,7-12,15-16H,6,13-14,17-18H2,1-2H3,(H,29,31). The molecule has 0 atom stereocenters. The van der Waals surface area contributed by atoms with Crippen LogP contribution in [0.25, 0.3) is 0 Å². The molecule has 198 valence electrons. The Morgan fingerprint density at radius 1 is 1.03 bits per heavy atom. The third-order valence-electron chi connectivity index (χ3n) is 5.30. The number of benzene rings is 3. The van der Waals surface area contributed by atoms with Crippen LogP contribution in [0, 0.1) is 5.82 Å². The number of methoxy groups -OCH3 is 2. The zero-order valence-corrected chi connectivity index (χ0v) is 22.8. The average molecular weight is 567 g/mol. The fourth-order valence-electron chi connectivity index (χ4n) is 3.46. The van der Waals surface area contributed by atoms with E-state index in [1.54, 1.807) is 11.8 Å². The first-order chi connectivity index (χ1) is 17.8. The molecule has 0 heterocycles. The summed E-state index contributed by atoms with van der Waals surface area (Å²) >= 11 is 7.70. The van der Waals surface area contributed by atoms with Crippen molar-refractivity contribution in [3.05, 3.63) is 83.1 Å². The van der Waals surface area contributed by atoms with Gasteiger partial charge in [-0.25, -0.2) is 12.8 Å². The Morgan fingerprint density at radius 2 is 1.78 bits per heavy atom. The highest BCUT2D eigenvalue weighted by Gasteiger charge is 2.30. The second kappa shape index (κ2) is 13.6. The van der Waals surface area contributed by atoms with Crippen LogP contribution in [-0.2, 0) is 20.6 Å². The zero-order chi connectivity index (χ0) is 26.8. The molecule has 1 N–H and O–H groups in total. The molecule has 3 aromatic rings. The van der Waals surface area contributed by atoms with Gasteiger partial charge in [0.05, 0.1) is 24.8 Å². The maximum Gasteiger partial charge on any atom is 0.265 e. The van der Waals surface area contributed by atoms with E-state index in [9.17, 15) is 17.6 Å². The predicted octanol–water partition coefficient (Wildman–Crippen LogP) is 5.13. The summed E-state index contributed by atoms with van der Waals surface area (Å²) in [6, 6.07) is 17.1. The SMILES string of the molecule is COc1ccc(S(=O)(=O)N(CC(=O)NCCCSCc2cccc(Cl)c2)c2ccccc2F)cc1OC. The normalized spacial score (nSPS) is 11.1. The Balaban J connectivity index is 1.67. The van der Waals surface area contributed by atoms with Gasteiger partial charge in [-0.3, -0.25) is 9.10 Å². The number of hydrogen-bond donors (Lipinski definition) is 1. The number of hydrogen-bond acceptors (Lipinski definition) is 6. The van der Waals surface area contributed by atoms with E-state index in [4.69, 9.17) is 21.1 Å². The zero-order valence-electron chi connectivity index (χ0n) is 20.4. The lowest BCUT2D eigenvalue weighted by atomic mass is 10.2. The van der Waals surface area contributed by atoms with E-state index in [-0.39, 0.29) is 16.3 Å². The van der Waals surface area contributed by atoms with Gasteiger partial charge in [0.15, 0.2) is 11.5 Å². The lowest BCUT2D eigenvalue weighted by Crippen LogP contribution is -2.41. The third kappa shape index (κ3) is 7.77. The molecule has 1 amide bonds. The first-order valence-corrected chi connectivity index (χ1v) is 14.3. The molecule has 11 heteroatoms. The molecule has 0 bridgehead atoms. The Labute approximate surface area is 226 Å². The van der Waals surface area contributed by atoms with Crippen molar-refractivity contribution in [1.29, 1.82) is 0 Å². The molecule has 0 aliphatic rings. The van der Waals surface area contributed by atoms with E-state index in [0.717, 1.165) is 27.4 Å². The molecule has 0 aliphatic carbocycles. The molecule has 7 nitrogen and oxygen atoms in total. The molecule has 0 saturated heterocycles. The Morgan fingerprint density at radius 3 is 2.49 bits per heavy atom. The van der Waals surface area contributed by atoms with Crippen molar-refractivity contribution in [1.82, 2.24) is 5.32 Å². The number of para-hydroxylation sites is 1. The smallest absolute Gasteiger partial charge is 0.265 e. The molecule has 3 aromatic carbocycles. The number of nitrogens with one attached hydrogen (secondary N) is 1. The highest BCUT2D eigenvalue weighted by atomic mass is 35.5. The summed E-state index contributed by atoms with van der Waals surface area (Å²) < 4.78 is 52.9. The highest BCUT2D eigenvalue weighted by Crippen LogP contribution is 2.32. The van der Waals surface area contributed by atoms with Crippen molar-refractivity contribution in [2.75, 3.05) is 37.4 Å². The van der Waals surface area contributed by atoms with Gasteiger partial charge >= 0.3 is 0 Å². The van der Waals surface area contributed by atoms with E-state index in [0.29, 0.717) is 23.7 Å². The summed E-state index contributed by atoms with van der Waals surface area (Å²) in [6.45, 7) is -0.240. The van der Waals surface area contributed by atoms with E-state index >= 15 is 0 Å². The first kappa shape index (κ1) is 28.6. The lowest BCUT2D eigenvalue weighted by molar-refractivity contribution is -0.119. The summed E-state index contributed by atoms with van der Waals surface area (Å²) in [5.74, 6) is 0.790. The minimum Gasteiger partial charge on any atom is -0.493 e. The number of anilines is 1. The van der Waals surface area contributed by atoms with Crippen molar-refractivity contribution in [3.8, 4) is 11.5 Å². The molecule has 0 radical (unpaired) electrons. The molecule has 0 spiro atoms. The average Bonchev–Trinajstić information content (AvgIpc) is 2.89. The fraction of sp³-hybridized carbons (Fsp3) is 0.269. The number of amides is 1. The summed E-state index contributed by atoms with van der Waals surface area (Å²) in [5, 5.41) is 3.42. The van der Waals surface area contributed by atoms with Gasteiger partial charge in [-0.05, 0) is 54.1 Å². The maximum atomic E-state index is 14.7. The number of sulfonamides is 1. The van der Waals surface area contributed by atoms with Crippen molar-refractivity contribution in [2.45, 2.75) is 17.1 Å². The topological polar surface area (TPSA) is 84.9 Å². The first-order valence-electron chi connectivity index (χ1n) is 11.3. The number of halogens is 2. The van der Waals surface area contributed by atoms with E-state index in [1.165, 1.54) is 50.6 Å². The lowest BCUT2D eigenvalue weighted by Gasteiger charge is -2.25. The molecular formula is C26H28ClFN2O5S2. The van der Waals surface area contributed by atoms with Gasteiger partial charge in [0.25, 0.3) is 10.0 Å². The van der Waals surface area contributed by atoms with Crippen molar-refractivity contribution in [2.24, 2.45) is 0 Å². The van der Waals surface area contributed by atoms with Crippen molar-refractivity contribution < 1.29 is 27.1 Å². The van der Waals surface area contributed by atoms with Crippen LogP contribution in [0.2, 0.25) is 5.02 Å². The third-order valence-corrected chi connectivity index (χ3v) is 8.40. The second-order valence-corrected chi connectivity index (χ2v) is 11.3. The number of carbonyl (C=O) groups is 1. The van der Waals surface area contributed by atoms with Crippen LogP contribution in [0.15, 0.2) is 71.6 Å². The van der Waals surface area contributed by atoms with Gasteiger partial charge in [0, 0.05) is 23.4 Å². The van der Waals surface area contributed by atoms with Gasteiger partial charge < -0.3 is 14.8 Å². The van der Waals surface area contributed by atoms with Crippen molar-refractivity contribution >= 4 is 45.0 Å². The number of thioether (sulfide) groups is 1. The molecule has 0 fully saturated rings. The van der Waals surface area contributed by atoms with Gasteiger partial charge in [0.1, 0.15) is 12.4 Å². The van der Waals surface area contributed by atoms with Gasteiger partial charge in [-0.15, -0.1) is 0 Å². The van der Waals surface area contributed by atoms with E-state index in [1.807, 2.05) is 24.3 Å². The monoisotopic (exact) mass is 566 g/mol. The number of ether oxygens (including phenoxy) is 2. The Kier molecular flexibility index (Phi) is 10.5. The number of rotatable bonds is 13. The van der Waals surface area contributed by atoms with Crippen LogP contribution in [0.1, 0.15) is 12.0 Å². The summed E-state index contributed by atoms with van der Waals surface area (Å²) in [7, 11) is -1.51. The number of carbonyl (C=O) groups excluding carboxylic acids is 1. The molecule has 0 aromatic heterocycles. The predicted molar refractivity (Wildman–Crippen MR) is 146 cm³/mol. The largest absolute Gasteiger partial charge is 0.493 e. The Bertz CT molecular complexity index is 1320. The minimum atomic E-state index is -4.32. The molecule has 37 heavy (non-hydrogen) atoms. The van der Waals surface area contributed by atoms with Crippen LogP contribution >= 0.6 is 23.4 Å². The summed E-state index contributed by atoms with van der Waals surface area (Å²) in [5.41, 5.74) is 0.881. The van der Waals surface area contributed by atoms with Crippen LogP contribution in [-0.4, -0.2) is 47.4 Å². The van der Waals surface area contributed by atoms with Crippen LogP contribution in [0.5, 0.6) is 11.5 Å². The van der Waals surface area contributed by atoms with E-state index in [2.05, 4.69) is 5.32 Å². The molecule has 3 rings (SSSR count). The quantitative estimate of drug-likeness (QED) is 0.289. The fourth-order valence-corrected chi connectivity index (χ4v) is 6.03.